The quantitative estimate of drug-likeness (QED) is 0.293. The average molecular weight is 543 g/mol. The summed E-state index contributed by atoms with van der Waals surface area (Å²) in [6, 6.07) is 0. The summed E-state index contributed by atoms with van der Waals surface area (Å²) in [5.41, 5.74) is 0. The lowest BCUT2D eigenvalue weighted by atomic mass is 10.4. The molecule has 7 heteroatoms. The molecule has 0 radical (unpaired) electrons. The number of hydrogen-bond acceptors (Lipinski definition) is 0. The largest absolute Gasteiger partial charge is 0.101 e. The first-order valence-electron chi connectivity index (χ1n) is 13.0. The third kappa shape index (κ3) is 3.44. The zero-order valence-corrected chi connectivity index (χ0v) is 31.9. The maximum absolute atomic E-state index is 2.83. The van der Waals surface area contributed by atoms with Gasteiger partial charge < -0.3 is 0 Å². The fraction of sp³-hybridized carbons (Fsp3) is 0.917. The van der Waals surface area contributed by atoms with Gasteiger partial charge in [0.05, 0.1) is 16.1 Å². The highest BCUT2D eigenvalue weighted by Crippen LogP contribution is 2.85. The first-order valence-corrected chi connectivity index (χ1v) is 36.0. The van der Waals surface area contributed by atoms with E-state index in [1.165, 1.54) is 0 Å². The van der Waals surface area contributed by atoms with Crippen molar-refractivity contribution in [2.45, 2.75) is 139 Å². The van der Waals surface area contributed by atoms with E-state index in [1.54, 1.807) is 12.8 Å². The summed E-state index contributed by atoms with van der Waals surface area (Å²) in [6.07, 6.45) is 3.22. The molecule has 1 saturated heterocycles. The van der Waals surface area contributed by atoms with Crippen molar-refractivity contribution in [3.8, 4) is 0 Å². The van der Waals surface area contributed by atoms with Crippen LogP contribution in [0.15, 0.2) is 9.64 Å². The second-order valence-corrected chi connectivity index (χ2v) is 56.9. The smallest absolute Gasteiger partial charge is 0.0945 e. The predicted octanol–water partition coefficient (Wildman–Crippen LogP) is 9.36. The Bertz CT molecular complexity index is 672. The molecule has 2 rings (SSSR count). The van der Waals surface area contributed by atoms with Crippen LogP contribution < -0.4 is 0 Å². The summed E-state index contributed by atoms with van der Waals surface area (Å²) in [5.74, 6) is 0. The summed E-state index contributed by atoms with van der Waals surface area (Å²) in [4.78, 5) is 4.57. The van der Waals surface area contributed by atoms with Crippen molar-refractivity contribution in [3.05, 3.63) is 9.64 Å². The molecule has 0 amide bonds. The van der Waals surface area contributed by atoms with Crippen molar-refractivity contribution in [2.24, 2.45) is 0 Å². The third-order valence-corrected chi connectivity index (χ3v) is 59.3. The third-order valence-electron chi connectivity index (χ3n) is 9.71. The van der Waals surface area contributed by atoms with Gasteiger partial charge in [0, 0.05) is 32.3 Å². The van der Waals surface area contributed by atoms with Crippen LogP contribution in [0.2, 0.25) is 126 Å². The maximum atomic E-state index is 2.83. The summed E-state index contributed by atoms with van der Waals surface area (Å²) in [6.45, 7) is 50.4. The molecule has 0 bridgehead atoms. The topological polar surface area (TPSA) is 0 Å². The zero-order valence-electron chi connectivity index (χ0n) is 24.9. The SMILES string of the molecule is C[Si](C)(C)C1=C([Si](C)(C)C)[Si]12C([Si](C)(C)C)([Si](C)(C)C)CCC2([Si](C)(C)C)[Si](C)(C)C. The molecular formula is C24H58Si7. The number of hydrogen-bond donors (Lipinski definition) is 0. The van der Waals surface area contributed by atoms with Crippen LogP contribution in [-0.2, 0) is 0 Å². The molecule has 0 saturated carbocycles. The van der Waals surface area contributed by atoms with E-state index >= 15 is 0 Å². The van der Waals surface area contributed by atoms with Crippen molar-refractivity contribution >= 4 is 56.5 Å². The average Bonchev–Trinajstić information content (AvgIpc) is 2.95. The lowest BCUT2D eigenvalue weighted by Crippen LogP contribution is -2.74. The number of rotatable bonds is 6. The minimum atomic E-state index is -1.72. The zero-order chi connectivity index (χ0) is 25.1. The molecule has 0 atom stereocenters. The Morgan fingerprint density at radius 3 is 0.742 bits per heavy atom. The van der Waals surface area contributed by atoms with Crippen LogP contribution in [0.25, 0.3) is 0 Å². The molecular weight excluding hydrogens is 485 g/mol. The highest BCUT2D eigenvalue weighted by atomic mass is 28.5. The molecule has 0 aromatic rings. The molecule has 182 valence electrons. The Hall–Kier alpha value is 1.26. The van der Waals surface area contributed by atoms with Gasteiger partial charge in [0.1, 0.15) is 8.07 Å². The van der Waals surface area contributed by atoms with Crippen LogP contribution >= 0.6 is 0 Å². The Kier molecular flexibility index (Phi) is 6.57. The van der Waals surface area contributed by atoms with Gasteiger partial charge in [-0.25, -0.2) is 0 Å². The van der Waals surface area contributed by atoms with E-state index in [4.69, 9.17) is 0 Å². The van der Waals surface area contributed by atoms with Gasteiger partial charge in [0.2, 0.25) is 0 Å². The van der Waals surface area contributed by atoms with E-state index in [0.29, 0.717) is 0 Å². The van der Waals surface area contributed by atoms with Crippen LogP contribution in [-0.4, -0.2) is 56.5 Å². The second-order valence-electron chi connectivity index (χ2n) is 17.3. The highest BCUT2D eigenvalue weighted by Gasteiger charge is 2.88. The Morgan fingerprint density at radius 2 is 0.613 bits per heavy atom. The Morgan fingerprint density at radius 1 is 0.419 bits per heavy atom. The van der Waals surface area contributed by atoms with E-state index in [-0.39, 0.29) is 0 Å². The summed E-state index contributed by atoms with van der Waals surface area (Å²) in [7, 11) is -10.0. The molecule has 0 aliphatic carbocycles. The van der Waals surface area contributed by atoms with Gasteiger partial charge in [-0.1, -0.05) is 140 Å². The van der Waals surface area contributed by atoms with Crippen molar-refractivity contribution < 1.29 is 0 Å². The van der Waals surface area contributed by atoms with Gasteiger partial charge in [-0.05, 0) is 8.57 Å². The standard InChI is InChI=1S/C24H58Si7/c1-25(2,3)21-22(26(4,5)6)31(21)23(27(7,8)9,28(10,11)12)19-20-24(31,29(13,14)15)30(16,17)18/h19-20H2,1-18H3. The fourth-order valence-electron chi connectivity index (χ4n) is 10.1. The van der Waals surface area contributed by atoms with E-state index < -0.39 is 56.5 Å². The molecule has 1 spiro atoms. The van der Waals surface area contributed by atoms with Crippen LogP contribution in [0.4, 0.5) is 0 Å². The van der Waals surface area contributed by atoms with Crippen LogP contribution in [0, 0.1) is 0 Å². The van der Waals surface area contributed by atoms with E-state index in [2.05, 4.69) is 127 Å². The van der Waals surface area contributed by atoms with Crippen molar-refractivity contribution in [1.29, 1.82) is 0 Å². The monoisotopic (exact) mass is 542 g/mol. The lowest BCUT2D eigenvalue weighted by molar-refractivity contribution is 0.763. The van der Waals surface area contributed by atoms with E-state index in [0.717, 1.165) is 8.57 Å². The Labute approximate surface area is 204 Å². The molecule has 0 unspecified atom stereocenters. The highest BCUT2D eigenvalue weighted by molar-refractivity contribution is 7.44. The molecule has 2 aliphatic rings. The van der Waals surface area contributed by atoms with E-state index in [9.17, 15) is 0 Å². The first kappa shape index (κ1) is 28.5. The van der Waals surface area contributed by atoms with Gasteiger partial charge in [-0.3, -0.25) is 0 Å². The molecule has 2 aliphatic heterocycles. The summed E-state index contributed by atoms with van der Waals surface area (Å²) in [5, 5.41) is 0. The lowest BCUT2D eigenvalue weighted by Gasteiger charge is -2.64. The van der Waals surface area contributed by atoms with Gasteiger partial charge in [0.25, 0.3) is 0 Å². The molecule has 0 nitrogen and oxygen atoms in total. The molecule has 0 aromatic carbocycles. The first-order chi connectivity index (χ1) is 13.2. The molecule has 0 aromatic heterocycles. The van der Waals surface area contributed by atoms with Gasteiger partial charge >= 0.3 is 0 Å². The normalized spacial score (nSPS) is 24.2. The molecule has 0 N–H and O–H groups in total. The predicted molar refractivity (Wildman–Crippen MR) is 167 cm³/mol. The van der Waals surface area contributed by atoms with Gasteiger partial charge in [0.15, 0.2) is 0 Å². The van der Waals surface area contributed by atoms with Crippen LogP contribution in [0.1, 0.15) is 12.8 Å². The minimum Gasteiger partial charge on any atom is -0.0945 e. The molecule has 2 heterocycles. The second kappa shape index (κ2) is 7.15. The van der Waals surface area contributed by atoms with E-state index in [1.807, 2.05) is 0 Å². The van der Waals surface area contributed by atoms with Crippen LogP contribution in [0.3, 0.4) is 0 Å². The molecule has 1 fully saturated rings. The van der Waals surface area contributed by atoms with Crippen LogP contribution in [0.5, 0.6) is 0 Å². The van der Waals surface area contributed by atoms with Gasteiger partial charge in [-0.15, -0.1) is 0 Å². The van der Waals surface area contributed by atoms with Crippen molar-refractivity contribution in [3.63, 3.8) is 0 Å². The minimum absolute atomic E-state index is 0.763. The van der Waals surface area contributed by atoms with Crippen molar-refractivity contribution in [2.75, 3.05) is 0 Å². The van der Waals surface area contributed by atoms with Gasteiger partial charge in [-0.2, -0.15) is 0 Å². The Balaban J connectivity index is 3.24. The molecule has 31 heavy (non-hydrogen) atoms. The maximum Gasteiger partial charge on any atom is 0.101 e. The fourth-order valence-corrected chi connectivity index (χ4v) is 83.5. The van der Waals surface area contributed by atoms with Crippen molar-refractivity contribution in [1.82, 2.24) is 0 Å². The summed E-state index contributed by atoms with van der Waals surface area (Å²) < 4.78 is 1.53. The summed E-state index contributed by atoms with van der Waals surface area (Å²) >= 11 is 0.